The zero-order valence-corrected chi connectivity index (χ0v) is 14.6. The quantitative estimate of drug-likeness (QED) is 0.695. The molecule has 140 valence electrons. The summed E-state index contributed by atoms with van der Waals surface area (Å²) in [6.07, 6.45) is -3.38. The maximum Gasteiger partial charge on any atom is 0.406 e. The molecule has 0 aromatic carbocycles. The molecule has 0 unspecified atom stereocenters. The predicted octanol–water partition coefficient (Wildman–Crippen LogP) is -0.0363. The minimum Gasteiger partial charge on any atom is -0.332 e. The zero-order chi connectivity index (χ0) is 18.1. The number of hydrogen-bond acceptors (Lipinski definition) is 4. The van der Waals surface area contributed by atoms with Crippen LogP contribution in [0.3, 0.4) is 0 Å². The normalized spacial score (nSPS) is 25.5. The van der Waals surface area contributed by atoms with Crippen molar-refractivity contribution in [3.05, 3.63) is 0 Å². The van der Waals surface area contributed by atoms with Crippen LogP contribution in [0.2, 0.25) is 0 Å². The Bertz CT molecular complexity index is 559. The molecule has 7 nitrogen and oxygen atoms in total. The first-order valence-corrected chi connectivity index (χ1v) is 9.19. The minimum atomic E-state index is -4.41. The van der Waals surface area contributed by atoms with E-state index in [-0.39, 0.29) is 19.6 Å². The number of alkyl halides is 3. The van der Waals surface area contributed by atoms with Gasteiger partial charge in [-0.05, 0) is 12.8 Å². The molecule has 0 spiro atoms. The molecule has 2 rings (SSSR count). The fourth-order valence-corrected chi connectivity index (χ4v) is 4.20. The van der Waals surface area contributed by atoms with Crippen LogP contribution in [0.15, 0.2) is 0 Å². The van der Waals surface area contributed by atoms with Gasteiger partial charge >= 0.3 is 6.18 Å². The van der Waals surface area contributed by atoms with E-state index in [4.69, 9.17) is 0 Å². The number of nitrogens with zero attached hydrogens (tertiary/aromatic N) is 4. The van der Waals surface area contributed by atoms with E-state index in [1.54, 1.807) is 4.90 Å². The third-order valence-corrected chi connectivity index (χ3v) is 6.31. The van der Waals surface area contributed by atoms with Crippen LogP contribution >= 0.6 is 0 Å². The molecule has 0 aromatic rings. The largest absolute Gasteiger partial charge is 0.406 e. The van der Waals surface area contributed by atoms with Gasteiger partial charge in [-0.25, -0.2) is 0 Å². The van der Waals surface area contributed by atoms with E-state index in [1.807, 2.05) is 0 Å². The fraction of sp³-hybridized carbons (Fsp3) is 0.923. The van der Waals surface area contributed by atoms with Gasteiger partial charge in [0.15, 0.2) is 0 Å². The van der Waals surface area contributed by atoms with Gasteiger partial charge in [-0.3, -0.25) is 9.69 Å². The van der Waals surface area contributed by atoms with Crippen molar-refractivity contribution in [3.63, 3.8) is 0 Å². The molecule has 2 aliphatic rings. The van der Waals surface area contributed by atoms with E-state index < -0.39 is 34.9 Å². The molecule has 2 fully saturated rings. The van der Waals surface area contributed by atoms with Crippen LogP contribution in [0.1, 0.15) is 12.8 Å². The number of likely N-dealkylation sites (tertiary alicyclic amines) is 1. The molecule has 0 radical (unpaired) electrons. The molecule has 2 saturated heterocycles. The number of rotatable bonds is 4. The van der Waals surface area contributed by atoms with Gasteiger partial charge in [0, 0.05) is 46.8 Å². The topological polar surface area (TPSA) is 64.2 Å². The first kappa shape index (κ1) is 19.4. The van der Waals surface area contributed by atoms with Crippen LogP contribution in [-0.4, -0.2) is 98.3 Å². The van der Waals surface area contributed by atoms with Gasteiger partial charge in [0.05, 0.1) is 6.04 Å². The summed E-state index contributed by atoms with van der Waals surface area (Å²) in [7, 11) is -0.615. The number of carbonyl (C=O) groups is 1. The summed E-state index contributed by atoms with van der Waals surface area (Å²) in [5.74, 6) is -0.512. The lowest BCUT2D eigenvalue weighted by Crippen LogP contribution is -2.59. The standard InChI is InChI=1S/C13H23F3N4O3S/c1-17(2)24(22,23)20-8-6-18(7-9-20)11-4-3-5-19(12(11)21)10-13(14,15)16/h11H,3-10H2,1-2H3/t11-/m0/s1. The third-order valence-electron chi connectivity index (χ3n) is 4.37. The summed E-state index contributed by atoms with van der Waals surface area (Å²) in [4.78, 5) is 15.0. The number of halogens is 3. The molecule has 0 saturated carbocycles. The third kappa shape index (κ3) is 4.38. The second-order valence-electron chi connectivity index (χ2n) is 6.26. The molecule has 2 aliphatic heterocycles. The Kier molecular flexibility index (Phi) is 5.78. The van der Waals surface area contributed by atoms with Crippen molar-refractivity contribution in [3.8, 4) is 0 Å². The van der Waals surface area contributed by atoms with Crippen molar-refractivity contribution in [1.82, 2.24) is 18.4 Å². The first-order chi connectivity index (χ1) is 11.0. The summed E-state index contributed by atoms with van der Waals surface area (Å²) in [5.41, 5.74) is 0. The number of amides is 1. The Labute approximate surface area is 140 Å². The molecular formula is C13H23F3N4O3S. The summed E-state index contributed by atoms with van der Waals surface area (Å²) >= 11 is 0. The molecule has 0 bridgehead atoms. The predicted molar refractivity (Wildman–Crippen MR) is 81.4 cm³/mol. The van der Waals surface area contributed by atoms with Crippen LogP contribution in [0, 0.1) is 0 Å². The Morgan fingerprint density at radius 1 is 1.12 bits per heavy atom. The molecule has 2 heterocycles. The number of piperazine rings is 1. The molecule has 0 aliphatic carbocycles. The number of carbonyl (C=O) groups excluding carboxylic acids is 1. The molecule has 0 N–H and O–H groups in total. The van der Waals surface area contributed by atoms with E-state index in [0.717, 1.165) is 9.21 Å². The molecule has 11 heteroatoms. The van der Waals surface area contributed by atoms with Crippen molar-refractivity contribution in [1.29, 1.82) is 0 Å². The summed E-state index contributed by atoms with van der Waals surface area (Å²) < 4.78 is 64.3. The van der Waals surface area contributed by atoms with E-state index >= 15 is 0 Å². The van der Waals surface area contributed by atoms with Crippen LogP contribution in [-0.2, 0) is 15.0 Å². The lowest BCUT2D eigenvalue weighted by Gasteiger charge is -2.42. The highest BCUT2D eigenvalue weighted by Gasteiger charge is 2.40. The molecule has 24 heavy (non-hydrogen) atoms. The lowest BCUT2D eigenvalue weighted by atomic mass is 10.0. The van der Waals surface area contributed by atoms with Gasteiger partial charge in [-0.1, -0.05) is 0 Å². The highest BCUT2D eigenvalue weighted by atomic mass is 32.2. The Morgan fingerprint density at radius 3 is 2.21 bits per heavy atom. The van der Waals surface area contributed by atoms with Crippen LogP contribution in [0.4, 0.5) is 13.2 Å². The van der Waals surface area contributed by atoms with E-state index in [9.17, 15) is 26.4 Å². The number of piperidine rings is 1. The van der Waals surface area contributed by atoms with Crippen LogP contribution < -0.4 is 0 Å². The number of hydrogen-bond donors (Lipinski definition) is 0. The van der Waals surface area contributed by atoms with E-state index in [0.29, 0.717) is 25.9 Å². The van der Waals surface area contributed by atoms with Crippen molar-refractivity contribution < 1.29 is 26.4 Å². The smallest absolute Gasteiger partial charge is 0.332 e. The van der Waals surface area contributed by atoms with Crippen molar-refractivity contribution >= 4 is 16.1 Å². The Hall–Kier alpha value is -0.910. The summed E-state index contributed by atoms with van der Waals surface area (Å²) in [6, 6.07) is -0.592. The Balaban J connectivity index is 1.97. The maximum atomic E-state index is 12.6. The van der Waals surface area contributed by atoms with Gasteiger partial charge < -0.3 is 4.90 Å². The zero-order valence-electron chi connectivity index (χ0n) is 13.8. The maximum absolute atomic E-state index is 12.6. The molecule has 1 atom stereocenters. The molecular weight excluding hydrogens is 349 g/mol. The average Bonchev–Trinajstić information content (AvgIpc) is 2.48. The van der Waals surface area contributed by atoms with Crippen LogP contribution in [0.25, 0.3) is 0 Å². The van der Waals surface area contributed by atoms with Crippen LogP contribution in [0.5, 0.6) is 0 Å². The van der Waals surface area contributed by atoms with E-state index in [2.05, 4.69) is 0 Å². The van der Waals surface area contributed by atoms with Gasteiger partial charge in [0.25, 0.3) is 10.2 Å². The first-order valence-electron chi connectivity index (χ1n) is 7.79. The van der Waals surface area contributed by atoms with Gasteiger partial charge in [-0.15, -0.1) is 0 Å². The van der Waals surface area contributed by atoms with Crippen molar-refractivity contribution in [2.45, 2.75) is 25.1 Å². The Morgan fingerprint density at radius 2 is 1.71 bits per heavy atom. The van der Waals surface area contributed by atoms with Gasteiger partial charge in [-0.2, -0.15) is 30.2 Å². The molecule has 0 aromatic heterocycles. The van der Waals surface area contributed by atoms with Crippen molar-refractivity contribution in [2.75, 3.05) is 53.4 Å². The average molecular weight is 372 g/mol. The second kappa shape index (κ2) is 7.14. The van der Waals surface area contributed by atoms with E-state index in [1.165, 1.54) is 18.4 Å². The SMILES string of the molecule is CN(C)S(=O)(=O)N1CCN([C@H]2CCCN(CC(F)(F)F)C2=O)CC1. The summed E-state index contributed by atoms with van der Waals surface area (Å²) in [6.45, 7) is 0.0148. The second-order valence-corrected chi connectivity index (χ2v) is 8.40. The van der Waals surface area contributed by atoms with Gasteiger partial charge in [0.1, 0.15) is 6.54 Å². The fourth-order valence-electron chi connectivity index (χ4n) is 3.11. The monoisotopic (exact) mass is 372 g/mol. The summed E-state index contributed by atoms with van der Waals surface area (Å²) in [5, 5.41) is 0. The molecule has 1 amide bonds. The van der Waals surface area contributed by atoms with Gasteiger partial charge in [0.2, 0.25) is 5.91 Å². The highest BCUT2D eigenvalue weighted by molar-refractivity contribution is 7.86. The van der Waals surface area contributed by atoms with Crippen molar-refractivity contribution in [2.24, 2.45) is 0 Å². The lowest BCUT2D eigenvalue weighted by molar-refractivity contribution is -0.168. The highest BCUT2D eigenvalue weighted by Crippen LogP contribution is 2.24. The minimum absolute atomic E-state index is 0.115.